The molecule has 0 radical (unpaired) electrons. The zero-order chi connectivity index (χ0) is 55.9. The normalized spacial score (nSPS) is 13.6. The number of hydrogen-bond acceptors (Lipinski definition) is 8. The number of phosphoric acid groups is 1. The SMILES string of the molecule is CC/C=C\C/C=C\C/C=C\C/C=C\CCCCC(=O)OC(COC(=O)CCCCCCCCCCCCCCCCCCCCCCCCCCCC/C=C\C/C=C\C/C=C\CCCCCCC)COP(=O)(O)OCCN. The third-order valence-corrected chi connectivity index (χ3v) is 14.7. The molecule has 0 aromatic carbocycles. The molecule has 2 atom stereocenters. The van der Waals surface area contributed by atoms with Crippen LogP contribution in [-0.4, -0.2) is 49.3 Å². The summed E-state index contributed by atoms with van der Waals surface area (Å²) in [5.41, 5.74) is 5.37. The summed E-state index contributed by atoms with van der Waals surface area (Å²) in [6.45, 7) is 3.58. The van der Waals surface area contributed by atoms with E-state index in [2.05, 4.69) is 98.9 Å². The third-order valence-electron chi connectivity index (χ3n) is 13.8. The highest BCUT2D eigenvalue weighted by Gasteiger charge is 2.26. The van der Waals surface area contributed by atoms with Crippen LogP contribution in [0.1, 0.15) is 296 Å². The molecule has 3 N–H and O–H groups in total. The third kappa shape index (κ3) is 62.3. The van der Waals surface area contributed by atoms with Crippen LogP contribution in [0.2, 0.25) is 0 Å². The van der Waals surface area contributed by atoms with E-state index in [1.165, 1.54) is 193 Å². The fourth-order valence-electron chi connectivity index (χ4n) is 9.05. The first-order chi connectivity index (χ1) is 37.8. The maximum Gasteiger partial charge on any atom is 0.472 e. The number of esters is 2. The summed E-state index contributed by atoms with van der Waals surface area (Å²) in [6, 6.07) is 0. The van der Waals surface area contributed by atoms with Gasteiger partial charge in [0, 0.05) is 19.4 Å². The van der Waals surface area contributed by atoms with E-state index in [0.29, 0.717) is 6.42 Å². The van der Waals surface area contributed by atoms with Gasteiger partial charge in [0.05, 0.1) is 13.2 Å². The molecule has 0 aliphatic carbocycles. The summed E-state index contributed by atoms with van der Waals surface area (Å²) in [7, 11) is -4.40. The number of allylic oxidation sites excluding steroid dienone is 14. The van der Waals surface area contributed by atoms with E-state index in [1.807, 2.05) is 0 Å². The first-order valence-corrected chi connectivity index (χ1v) is 33.6. The Morgan fingerprint density at radius 1 is 0.403 bits per heavy atom. The molecule has 0 aliphatic rings. The van der Waals surface area contributed by atoms with Gasteiger partial charge in [-0.2, -0.15) is 0 Å². The van der Waals surface area contributed by atoms with Gasteiger partial charge in [0.25, 0.3) is 0 Å². The number of carbonyl (C=O) groups excluding carboxylic acids is 2. The Bertz CT molecular complexity index is 1530. The van der Waals surface area contributed by atoms with Crippen LogP contribution in [0.3, 0.4) is 0 Å². The fraction of sp³-hybridized carbons (Fsp3) is 0.761. The highest BCUT2D eigenvalue weighted by atomic mass is 31.2. The Balaban J connectivity index is 3.75. The monoisotopic (exact) mass is 1100 g/mol. The van der Waals surface area contributed by atoms with Crippen molar-refractivity contribution >= 4 is 19.8 Å². The minimum absolute atomic E-state index is 0.0446. The van der Waals surface area contributed by atoms with Crippen LogP contribution in [0.5, 0.6) is 0 Å². The summed E-state index contributed by atoms with van der Waals surface area (Å²) in [6.07, 6.45) is 82.7. The van der Waals surface area contributed by atoms with Gasteiger partial charge in [-0.15, -0.1) is 0 Å². The Morgan fingerprint density at radius 3 is 1.09 bits per heavy atom. The lowest BCUT2D eigenvalue weighted by Gasteiger charge is -2.19. The zero-order valence-corrected chi connectivity index (χ0v) is 50.8. The molecule has 0 heterocycles. The number of rotatable bonds is 60. The van der Waals surface area contributed by atoms with Gasteiger partial charge in [0.1, 0.15) is 6.61 Å². The van der Waals surface area contributed by atoms with Crippen molar-refractivity contribution in [3.05, 3.63) is 85.1 Å². The average molecular weight is 1100 g/mol. The van der Waals surface area contributed by atoms with Crippen molar-refractivity contribution in [2.24, 2.45) is 5.73 Å². The molecule has 10 heteroatoms. The van der Waals surface area contributed by atoms with Gasteiger partial charge >= 0.3 is 19.8 Å². The van der Waals surface area contributed by atoms with E-state index in [4.69, 9.17) is 24.3 Å². The van der Waals surface area contributed by atoms with Gasteiger partial charge < -0.3 is 20.1 Å². The molecule has 0 rings (SSSR count). The number of carbonyl (C=O) groups is 2. The molecule has 0 bridgehead atoms. The average Bonchev–Trinajstić information content (AvgIpc) is 3.42. The van der Waals surface area contributed by atoms with Gasteiger partial charge in [0.15, 0.2) is 6.10 Å². The van der Waals surface area contributed by atoms with Crippen molar-refractivity contribution < 1.29 is 37.6 Å². The first-order valence-electron chi connectivity index (χ1n) is 32.1. The van der Waals surface area contributed by atoms with Crippen molar-refractivity contribution in [1.29, 1.82) is 0 Å². The molecule has 77 heavy (non-hydrogen) atoms. The molecular weight excluding hydrogens is 978 g/mol. The molecule has 446 valence electrons. The van der Waals surface area contributed by atoms with E-state index in [1.54, 1.807) is 0 Å². The molecule has 0 saturated carbocycles. The molecule has 0 amide bonds. The molecule has 0 spiro atoms. The molecular formula is C67H120NO8P. The van der Waals surface area contributed by atoms with E-state index in [-0.39, 0.29) is 38.6 Å². The van der Waals surface area contributed by atoms with Crippen molar-refractivity contribution in [1.82, 2.24) is 0 Å². The fourth-order valence-corrected chi connectivity index (χ4v) is 9.81. The predicted molar refractivity (Wildman–Crippen MR) is 330 cm³/mol. The minimum Gasteiger partial charge on any atom is -0.462 e. The van der Waals surface area contributed by atoms with E-state index in [9.17, 15) is 19.0 Å². The standard InChI is InChI=1S/C67H120NO8P/c1-3-5-7-9-11-13-15-17-19-20-21-22-23-24-25-26-27-28-29-30-31-32-33-34-35-36-37-38-39-40-41-42-43-44-46-47-49-51-53-55-57-59-66(69)73-63-65(64-75-77(71,72)74-62-61-68)76-67(70)60-58-56-54-52-50-48-45-18-16-14-12-10-8-6-4-2/h6,8,12,14-15,17-18,20-21,23-24,45,50,52,65H,3-5,7,9-11,13,16,19,22,25-44,46-49,51,53-64,68H2,1-2H3,(H,71,72)/b8-6-,14-12-,17-15-,21-20-,24-23-,45-18-,52-50-. The molecule has 0 aromatic heterocycles. The number of unbranched alkanes of at least 4 members (excludes halogenated alkanes) is 33. The van der Waals surface area contributed by atoms with Crippen molar-refractivity contribution in [2.45, 2.75) is 302 Å². The quantitative estimate of drug-likeness (QED) is 0.0264. The van der Waals surface area contributed by atoms with Gasteiger partial charge in [-0.05, 0) is 89.9 Å². The van der Waals surface area contributed by atoms with E-state index >= 15 is 0 Å². The lowest BCUT2D eigenvalue weighted by Crippen LogP contribution is -2.29. The van der Waals surface area contributed by atoms with Crippen molar-refractivity contribution in [2.75, 3.05) is 26.4 Å². The molecule has 9 nitrogen and oxygen atoms in total. The Hall–Kier alpha value is -2.81. The molecule has 0 aliphatic heterocycles. The number of ether oxygens (including phenoxy) is 2. The minimum atomic E-state index is -4.40. The van der Waals surface area contributed by atoms with E-state index in [0.717, 1.165) is 70.6 Å². The Labute approximate surface area is 474 Å². The van der Waals surface area contributed by atoms with Crippen molar-refractivity contribution in [3.63, 3.8) is 0 Å². The summed E-state index contributed by atoms with van der Waals surface area (Å²) in [4.78, 5) is 35.1. The zero-order valence-electron chi connectivity index (χ0n) is 49.9. The van der Waals surface area contributed by atoms with Gasteiger partial charge in [-0.3, -0.25) is 18.6 Å². The van der Waals surface area contributed by atoms with Crippen LogP contribution in [0, 0.1) is 0 Å². The maximum absolute atomic E-state index is 12.6. The van der Waals surface area contributed by atoms with Crippen LogP contribution in [-0.2, 0) is 32.7 Å². The highest BCUT2D eigenvalue weighted by molar-refractivity contribution is 7.47. The van der Waals surface area contributed by atoms with Gasteiger partial charge in [0.2, 0.25) is 0 Å². The van der Waals surface area contributed by atoms with Crippen LogP contribution < -0.4 is 5.73 Å². The van der Waals surface area contributed by atoms with Gasteiger partial charge in [-0.1, -0.05) is 279 Å². The summed E-state index contributed by atoms with van der Waals surface area (Å²) < 4.78 is 32.9. The Kier molecular flexibility index (Phi) is 60.1. The van der Waals surface area contributed by atoms with Crippen LogP contribution in [0.25, 0.3) is 0 Å². The number of phosphoric ester groups is 1. The van der Waals surface area contributed by atoms with E-state index < -0.39 is 26.5 Å². The van der Waals surface area contributed by atoms with Crippen LogP contribution >= 0.6 is 7.82 Å². The first kappa shape index (κ1) is 74.2. The molecule has 0 saturated heterocycles. The largest absolute Gasteiger partial charge is 0.472 e. The molecule has 0 fully saturated rings. The second kappa shape index (κ2) is 62.4. The second-order valence-electron chi connectivity index (χ2n) is 21.2. The number of nitrogens with two attached hydrogens (primary N) is 1. The predicted octanol–water partition coefficient (Wildman–Crippen LogP) is 20.6. The number of hydrogen-bond donors (Lipinski definition) is 2. The highest BCUT2D eigenvalue weighted by Crippen LogP contribution is 2.43. The van der Waals surface area contributed by atoms with Crippen LogP contribution in [0.15, 0.2) is 85.1 Å². The Morgan fingerprint density at radius 2 is 0.714 bits per heavy atom. The van der Waals surface area contributed by atoms with Crippen molar-refractivity contribution in [3.8, 4) is 0 Å². The maximum atomic E-state index is 12.6. The molecule has 2 unspecified atom stereocenters. The lowest BCUT2D eigenvalue weighted by atomic mass is 10.0. The van der Waals surface area contributed by atoms with Crippen LogP contribution in [0.4, 0.5) is 0 Å². The van der Waals surface area contributed by atoms with Gasteiger partial charge in [-0.25, -0.2) is 4.57 Å². The summed E-state index contributed by atoms with van der Waals surface area (Å²) in [5.74, 6) is -0.871. The summed E-state index contributed by atoms with van der Waals surface area (Å²) in [5, 5.41) is 0. The smallest absolute Gasteiger partial charge is 0.462 e. The lowest BCUT2D eigenvalue weighted by molar-refractivity contribution is -0.161. The topological polar surface area (TPSA) is 134 Å². The second-order valence-corrected chi connectivity index (χ2v) is 22.7. The summed E-state index contributed by atoms with van der Waals surface area (Å²) >= 11 is 0. The molecule has 0 aromatic rings.